The maximum Gasteiger partial charge on any atom is 0.414 e. The van der Waals surface area contributed by atoms with E-state index in [2.05, 4.69) is 19.9 Å². The molecule has 0 aromatic heterocycles. The number of hydrogen-bond acceptors (Lipinski definition) is 7. The van der Waals surface area contributed by atoms with Gasteiger partial charge in [-0.3, -0.25) is 9.69 Å². The molecule has 1 spiro atoms. The van der Waals surface area contributed by atoms with Crippen molar-refractivity contribution in [1.29, 1.82) is 5.26 Å². The zero-order chi connectivity index (χ0) is 29.0. The molecule has 1 amide bonds. The van der Waals surface area contributed by atoms with Crippen molar-refractivity contribution in [3.8, 4) is 6.07 Å². The monoisotopic (exact) mass is 546 g/mol. The molecule has 8 nitrogen and oxygen atoms in total. The van der Waals surface area contributed by atoms with Gasteiger partial charge in [-0.15, -0.1) is 0 Å². The first-order valence-corrected chi connectivity index (χ1v) is 14.1. The molecule has 2 unspecified atom stereocenters. The van der Waals surface area contributed by atoms with Crippen LogP contribution in [0.3, 0.4) is 0 Å². The largest absolute Gasteiger partial charge is 0.438 e. The van der Waals surface area contributed by atoms with Gasteiger partial charge in [-0.05, 0) is 85.8 Å². The Morgan fingerprint density at radius 1 is 1.20 bits per heavy atom. The minimum absolute atomic E-state index is 0.0217. The second-order valence-corrected chi connectivity index (χ2v) is 13.5. The third kappa shape index (κ3) is 3.47. The minimum Gasteiger partial charge on any atom is -0.438 e. The fraction of sp³-hybridized carbons (Fsp3) is 0.594. The molecule has 8 atom stereocenters. The maximum atomic E-state index is 14.8. The molecular weight excluding hydrogens is 508 g/mol. The van der Waals surface area contributed by atoms with E-state index in [4.69, 9.17) is 19.5 Å². The number of anilines is 1. The van der Waals surface area contributed by atoms with Crippen LogP contribution in [0.25, 0.3) is 0 Å². The highest BCUT2D eigenvalue weighted by molar-refractivity contribution is 5.96. The summed E-state index contributed by atoms with van der Waals surface area (Å²) in [7, 11) is 1.58. The zero-order valence-corrected chi connectivity index (χ0v) is 24.2. The lowest BCUT2D eigenvalue weighted by Gasteiger charge is -2.52. The molecule has 40 heavy (non-hydrogen) atoms. The number of hydrogen-bond donors (Lipinski definition) is 1. The SMILES string of the molecule is CC1=CC23C(=O)[C@@H](C=C4COC(C)(C)O[C@H]4[C@]2(O)[C@H]1OC(=O)N(C)c1ccc(C#N)cc1)[C@H]1[C@@H](CC3C)C1(C)C. The molecule has 1 heterocycles. The Kier molecular flexibility index (Phi) is 5.79. The number of Topliss-reactive ketones (excluding diaryl/α,β-unsaturated/α-hetero) is 1. The van der Waals surface area contributed by atoms with Gasteiger partial charge in [0.1, 0.15) is 6.10 Å². The van der Waals surface area contributed by atoms with E-state index < -0.39 is 35.1 Å². The van der Waals surface area contributed by atoms with Crippen molar-refractivity contribution < 1.29 is 28.9 Å². The summed E-state index contributed by atoms with van der Waals surface area (Å²) in [6.07, 6.45) is 1.97. The Morgan fingerprint density at radius 3 is 2.52 bits per heavy atom. The molecule has 1 aliphatic heterocycles. The highest BCUT2D eigenvalue weighted by atomic mass is 16.7. The number of benzene rings is 1. The first kappa shape index (κ1) is 27.2. The van der Waals surface area contributed by atoms with Crippen molar-refractivity contribution in [3.05, 3.63) is 53.1 Å². The first-order valence-electron chi connectivity index (χ1n) is 14.1. The summed E-state index contributed by atoms with van der Waals surface area (Å²) in [4.78, 5) is 29.7. The van der Waals surface area contributed by atoms with Gasteiger partial charge < -0.3 is 19.3 Å². The van der Waals surface area contributed by atoms with Crippen molar-refractivity contribution in [1.82, 2.24) is 0 Å². The summed E-state index contributed by atoms with van der Waals surface area (Å²) in [5.41, 5.74) is -0.763. The van der Waals surface area contributed by atoms with Gasteiger partial charge in [0.2, 0.25) is 0 Å². The topological polar surface area (TPSA) is 109 Å². The summed E-state index contributed by atoms with van der Waals surface area (Å²) in [6, 6.07) is 8.65. The Hall–Kier alpha value is -2.99. The molecule has 6 rings (SSSR count). The molecule has 2 bridgehead atoms. The van der Waals surface area contributed by atoms with Crippen LogP contribution in [0, 0.1) is 45.8 Å². The number of allylic oxidation sites excluding steroid dienone is 1. The highest BCUT2D eigenvalue weighted by Gasteiger charge is 2.77. The van der Waals surface area contributed by atoms with E-state index in [1.54, 1.807) is 45.2 Å². The van der Waals surface area contributed by atoms with Crippen LogP contribution >= 0.6 is 0 Å². The number of carbonyl (C=O) groups is 2. The van der Waals surface area contributed by atoms with Crippen molar-refractivity contribution in [2.75, 3.05) is 18.6 Å². The molecule has 1 N–H and O–H groups in total. The Labute approximate surface area is 235 Å². The number of ether oxygens (including phenoxy) is 3. The van der Waals surface area contributed by atoms with Gasteiger partial charge in [-0.2, -0.15) is 5.26 Å². The van der Waals surface area contributed by atoms with Gasteiger partial charge in [-0.1, -0.05) is 32.9 Å². The quantitative estimate of drug-likeness (QED) is 0.533. The lowest BCUT2D eigenvalue weighted by atomic mass is 9.59. The minimum atomic E-state index is -1.86. The second kappa shape index (κ2) is 8.51. The van der Waals surface area contributed by atoms with Gasteiger partial charge in [0.05, 0.1) is 23.7 Å². The normalized spacial score (nSPS) is 40.1. The molecule has 3 fully saturated rings. The van der Waals surface area contributed by atoms with Crippen LogP contribution in [0.1, 0.15) is 53.5 Å². The van der Waals surface area contributed by atoms with E-state index in [-0.39, 0.29) is 35.6 Å². The van der Waals surface area contributed by atoms with Crippen LogP contribution in [0.2, 0.25) is 0 Å². The van der Waals surface area contributed by atoms with Crippen LogP contribution in [-0.4, -0.2) is 54.2 Å². The zero-order valence-electron chi connectivity index (χ0n) is 24.2. The molecular formula is C32H38N2O6. The molecule has 5 aliphatic rings. The van der Waals surface area contributed by atoms with Crippen LogP contribution < -0.4 is 4.90 Å². The highest BCUT2D eigenvalue weighted by Crippen LogP contribution is 2.72. The molecule has 2 saturated carbocycles. The molecule has 8 heteroatoms. The standard InChI is InChI=1S/C32H38N2O6/c1-17-14-31-18(2)12-23-24(29(23,3)4)22(25(31)35)13-20-16-38-30(5,6)40-27(20)32(31,37)26(17)39-28(36)34(7)21-10-8-19(15-33)9-11-21/h8-11,13-14,18,22-24,26-27,37H,12,16H2,1-7H3/t18?,22-,23+,24-,26-,27+,31?,32+/m0/s1. The third-order valence-corrected chi connectivity index (χ3v) is 10.5. The van der Waals surface area contributed by atoms with Crippen molar-refractivity contribution >= 4 is 17.6 Å². The summed E-state index contributed by atoms with van der Waals surface area (Å²) >= 11 is 0. The van der Waals surface area contributed by atoms with E-state index in [1.165, 1.54) is 4.90 Å². The van der Waals surface area contributed by atoms with Crippen LogP contribution in [0.15, 0.2) is 47.6 Å². The number of amides is 1. The number of fused-ring (bicyclic) bond motifs is 5. The van der Waals surface area contributed by atoms with Crippen LogP contribution in [0.4, 0.5) is 10.5 Å². The number of aliphatic hydroxyl groups is 1. The number of ketones is 1. The lowest BCUT2D eigenvalue weighted by Crippen LogP contribution is -2.68. The summed E-state index contributed by atoms with van der Waals surface area (Å²) in [6.45, 7) is 12.1. The number of carbonyl (C=O) groups excluding carboxylic acids is 2. The van der Waals surface area contributed by atoms with E-state index in [0.29, 0.717) is 22.7 Å². The fourth-order valence-corrected chi connectivity index (χ4v) is 8.34. The van der Waals surface area contributed by atoms with E-state index >= 15 is 0 Å². The predicted molar refractivity (Wildman–Crippen MR) is 147 cm³/mol. The number of nitrogens with zero attached hydrogens (tertiary/aromatic N) is 2. The fourth-order valence-electron chi connectivity index (χ4n) is 8.34. The average Bonchev–Trinajstić information content (AvgIpc) is 3.40. The smallest absolute Gasteiger partial charge is 0.414 e. The Morgan fingerprint density at radius 2 is 1.88 bits per heavy atom. The molecule has 0 radical (unpaired) electrons. The number of rotatable bonds is 2. The van der Waals surface area contributed by atoms with E-state index in [0.717, 1.165) is 12.0 Å². The third-order valence-electron chi connectivity index (χ3n) is 10.5. The van der Waals surface area contributed by atoms with Gasteiger partial charge in [0, 0.05) is 18.7 Å². The molecule has 4 aliphatic carbocycles. The van der Waals surface area contributed by atoms with Gasteiger partial charge in [-0.25, -0.2) is 4.79 Å². The second-order valence-electron chi connectivity index (χ2n) is 13.5. The summed E-state index contributed by atoms with van der Waals surface area (Å²) < 4.78 is 18.6. The Bertz CT molecular complexity index is 1390. The predicted octanol–water partition coefficient (Wildman–Crippen LogP) is 4.77. The summed E-state index contributed by atoms with van der Waals surface area (Å²) in [5.74, 6) is -1.10. The first-order chi connectivity index (χ1) is 18.7. The van der Waals surface area contributed by atoms with Crippen molar-refractivity contribution in [2.45, 2.75) is 71.6 Å². The molecule has 212 valence electrons. The summed E-state index contributed by atoms with van der Waals surface area (Å²) in [5, 5.41) is 22.2. The molecule has 1 saturated heterocycles. The van der Waals surface area contributed by atoms with Gasteiger partial charge in [0.25, 0.3) is 0 Å². The van der Waals surface area contributed by atoms with Crippen molar-refractivity contribution in [2.24, 2.45) is 34.5 Å². The average molecular weight is 547 g/mol. The van der Waals surface area contributed by atoms with Crippen molar-refractivity contribution in [3.63, 3.8) is 0 Å². The van der Waals surface area contributed by atoms with Crippen LogP contribution in [-0.2, 0) is 19.0 Å². The van der Waals surface area contributed by atoms with E-state index in [9.17, 15) is 14.7 Å². The van der Waals surface area contributed by atoms with Gasteiger partial charge >= 0.3 is 6.09 Å². The van der Waals surface area contributed by atoms with E-state index in [1.807, 2.05) is 26.0 Å². The van der Waals surface area contributed by atoms with Gasteiger partial charge in [0.15, 0.2) is 23.3 Å². The molecule has 1 aromatic carbocycles. The number of nitriles is 1. The molecule has 1 aromatic rings. The lowest BCUT2D eigenvalue weighted by molar-refractivity contribution is -0.302. The maximum absolute atomic E-state index is 14.8. The van der Waals surface area contributed by atoms with Crippen LogP contribution in [0.5, 0.6) is 0 Å². The Balaban J connectivity index is 1.45.